The molecule has 0 saturated carbocycles. The highest BCUT2D eigenvalue weighted by atomic mass is 16.5. The Labute approximate surface area is 234 Å². The summed E-state index contributed by atoms with van der Waals surface area (Å²) in [5, 5.41) is 8.35. The average molecular weight is 552 g/mol. The van der Waals surface area contributed by atoms with Crippen LogP contribution in [0.4, 0.5) is 0 Å². The number of nitrogens with zero attached hydrogens (tertiary/aromatic N) is 2. The predicted octanol–water partition coefficient (Wildman–Crippen LogP) is 0.202. The third-order valence-electron chi connectivity index (χ3n) is 6.95. The number of amides is 4. The first-order chi connectivity index (χ1) is 19.4. The molecule has 2 aromatic carbocycles. The van der Waals surface area contributed by atoms with E-state index in [0.717, 1.165) is 18.7 Å². The second-order valence-corrected chi connectivity index (χ2v) is 9.89. The zero-order valence-corrected chi connectivity index (χ0v) is 22.8. The van der Waals surface area contributed by atoms with Crippen molar-refractivity contribution in [2.24, 2.45) is 0 Å². The Morgan fingerprint density at radius 1 is 0.950 bits per heavy atom. The highest BCUT2D eigenvalue weighted by molar-refractivity contribution is 6.01. The number of hydrogen-bond donors (Lipinski definition) is 3. The van der Waals surface area contributed by atoms with Crippen molar-refractivity contribution in [3.63, 3.8) is 0 Å². The molecule has 0 spiro atoms. The lowest BCUT2D eigenvalue weighted by Gasteiger charge is -2.28. The highest BCUT2D eigenvalue weighted by Gasteiger charge is 2.30. The molecule has 3 N–H and O–H groups in total. The van der Waals surface area contributed by atoms with Gasteiger partial charge < -0.3 is 30.3 Å². The minimum atomic E-state index is -1.15. The van der Waals surface area contributed by atoms with E-state index in [0.29, 0.717) is 32.1 Å². The van der Waals surface area contributed by atoms with Gasteiger partial charge in [-0.15, -0.1) is 0 Å². The molecule has 0 bridgehead atoms. The molecule has 11 heteroatoms. The van der Waals surface area contributed by atoms with Crippen molar-refractivity contribution in [2.75, 3.05) is 59.6 Å². The Hall–Kier alpha value is -3.96. The number of carbonyl (C=O) groups excluding carboxylic acids is 4. The summed E-state index contributed by atoms with van der Waals surface area (Å²) in [6.07, 6.45) is -0.0529. The molecule has 0 aromatic heterocycles. The maximum Gasteiger partial charge on any atom is 0.255 e. The fourth-order valence-electron chi connectivity index (χ4n) is 4.67. The van der Waals surface area contributed by atoms with Crippen LogP contribution in [0, 0.1) is 0 Å². The average Bonchev–Trinajstić information content (AvgIpc) is 2.97. The molecule has 0 radical (unpaired) electrons. The molecule has 1 saturated heterocycles. The van der Waals surface area contributed by atoms with Crippen LogP contribution in [0.2, 0.25) is 0 Å². The van der Waals surface area contributed by atoms with Crippen LogP contribution in [0.25, 0.3) is 0 Å². The van der Waals surface area contributed by atoms with Crippen molar-refractivity contribution in [1.82, 2.24) is 25.8 Å². The van der Waals surface area contributed by atoms with Crippen molar-refractivity contribution >= 4 is 23.6 Å². The molecular weight excluding hydrogens is 514 g/mol. The van der Waals surface area contributed by atoms with Crippen molar-refractivity contribution in [1.29, 1.82) is 0 Å². The summed E-state index contributed by atoms with van der Waals surface area (Å²) in [6, 6.07) is 14.1. The molecule has 2 atom stereocenters. The first kappa shape index (κ1) is 29.0. The Morgan fingerprint density at radius 3 is 2.45 bits per heavy atom. The van der Waals surface area contributed by atoms with Gasteiger partial charge in [-0.2, -0.15) is 0 Å². The fraction of sp³-hybridized carbons (Fsp3) is 0.448. The summed E-state index contributed by atoms with van der Waals surface area (Å²) in [4.78, 5) is 56.7. The van der Waals surface area contributed by atoms with Gasteiger partial charge in [0.2, 0.25) is 17.7 Å². The van der Waals surface area contributed by atoms with E-state index in [1.54, 1.807) is 31.3 Å². The molecular formula is C29H37N5O6. The highest BCUT2D eigenvalue weighted by Crippen LogP contribution is 2.19. The minimum absolute atomic E-state index is 0.143. The van der Waals surface area contributed by atoms with Crippen LogP contribution in [-0.4, -0.2) is 105 Å². The molecule has 2 aliphatic heterocycles. The van der Waals surface area contributed by atoms with Gasteiger partial charge >= 0.3 is 0 Å². The number of nitrogens with one attached hydrogen (secondary N) is 3. The summed E-state index contributed by atoms with van der Waals surface area (Å²) in [5.74, 6) is -1.47. The standard InChI is InChI=1S/C29H37N5O6/c1-33-13-18-40-25-10-6-5-9-22(25)27(36)32-23(28(37)30-11-12-34-14-16-39-17-15-34)20-26(35)31-24(29(33)38)19-21-7-3-2-4-8-21/h2-10,23-24H,11-20H2,1H3,(H,30,37)(H,31,35)(H,32,36)/t23-,24-/m0/s1. The van der Waals surface area contributed by atoms with E-state index >= 15 is 0 Å². The van der Waals surface area contributed by atoms with E-state index in [1.165, 1.54) is 4.90 Å². The topological polar surface area (TPSA) is 129 Å². The number of benzene rings is 2. The third-order valence-corrected chi connectivity index (χ3v) is 6.95. The van der Waals surface area contributed by atoms with Crippen LogP contribution in [0.15, 0.2) is 54.6 Å². The molecule has 2 heterocycles. The molecule has 2 aromatic rings. The summed E-state index contributed by atoms with van der Waals surface area (Å²) < 4.78 is 11.2. The van der Waals surface area contributed by atoms with Gasteiger partial charge in [0.25, 0.3) is 5.91 Å². The van der Waals surface area contributed by atoms with Crippen LogP contribution >= 0.6 is 0 Å². The summed E-state index contributed by atoms with van der Waals surface area (Å²) in [6.45, 7) is 4.22. The van der Waals surface area contributed by atoms with Crippen molar-refractivity contribution in [3.8, 4) is 5.75 Å². The van der Waals surface area contributed by atoms with E-state index in [2.05, 4.69) is 20.9 Å². The summed E-state index contributed by atoms with van der Waals surface area (Å²) >= 11 is 0. The van der Waals surface area contributed by atoms with Gasteiger partial charge in [0.05, 0.1) is 31.7 Å². The zero-order chi connectivity index (χ0) is 28.3. The quantitative estimate of drug-likeness (QED) is 0.468. The van der Waals surface area contributed by atoms with E-state index < -0.39 is 29.8 Å². The second kappa shape index (κ2) is 14.4. The number of hydrogen-bond acceptors (Lipinski definition) is 7. The Balaban J connectivity index is 1.53. The SMILES string of the molecule is CN1CCOc2ccccc2C(=O)N[C@H](C(=O)NCCN2CCOCC2)CC(=O)N[C@@H](Cc2ccccc2)C1=O. The van der Waals surface area contributed by atoms with E-state index in [9.17, 15) is 19.2 Å². The van der Waals surface area contributed by atoms with Gasteiger partial charge in [-0.25, -0.2) is 0 Å². The molecule has 1 fully saturated rings. The number of ether oxygens (including phenoxy) is 2. The smallest absolute Gasteiger partial charge is 0.255 e. The normalized spacial score (nSPS) is 21.3. The first-order valence-electron chi connectivity index (χ1n) is 13.6. The lowest BCUT2D eigenvalue weighted by Crippen LogP contribution is -2.53. The maximum absolute atomic E-state index is 13.4. The van der Waals surface area contributed by atoms with Crippen molar-refractivity contribution < 1.29 is 28.7 Å². The van der Waals surface area contributed by atoms with Crippen LogP contribution in [0.3, 0.4) is 0 Å². The van der Waals surface area contributed by atoms with E-state index in [-0.39, 0.29) is 37.5 Å². The molecule has 0 unspecified atom stereocenters. The minimum Gasteiger partial charge on any atom is -0.491 e. The van der Waals surface area contributed by atoms with Gasteiger partial charge in [-0.1, -0.05) is 42.5 Å². The number of morpholine rings is 1. The molecule has 4 rings (SSSR count). The molecule has 0 aliphatic carbocycles. The Morgan fingerprint density at radius 2 is 1.68 bits per heavy atom. The van der Waals surface area contributed by atoms with Gasteiger partial charge in [-0.05, 0) is 17.7 Å². The summed E-state index contributed by atoms with van der Waals surface area (Å²) in [7, 11) is 1.64. The maximum atomic E-state index is 13.4. The van der Waals surface area contributed by atoms with Crippen LogP contribution in [0.5, 0.6) is 5.75 Å². The van der Waals surface area contributed by atoms with Crippen LogP contribution in [-0.2, 0) is 25.5 Å². The molecule has 11 nitrogen and oxygen atoms in total. The zero-order valence-electron chi connectivity index (χ0n) is 22.8. The number of carbonyl (C=O) groups is 4. The summed E-state index contributed by atoms with van der Waals surface area (Å²) in [5.41, 5.74) is 1.12. The van der Waals surface area contributed by atoms with E-state index in [4.69, 9.17) is 9.47 Å². The predicted molar refractivity (Wildman–Crippen MR) is 148 cm³/mol. The lowest BCUT2D eigenvalue weighted by molar-refractivity contribution is -0.136. The van der Waals surface area contributed by atoms with Crippen molar-refractivity contribution in [2.45, 2.75) is 24.9 Å². The first-order valence-corrected chi connectivity index (χ1v) is 13.6. The Bertz CT molecular complexity index is 1170. The number of para-hydroxylation sites is 1. The molecule has 4 amide bonds. The number of likely N-dealkylation sites (N-methyl/N-ethyl adjacent to an activating group) is 1. The molecule has 2 aliphatic rings. The number of rotatable bonds is 6. The molecule has 40 heavy (non-hydrogen) atoms. The van der Waals surface area contributed by atoms with Gasteiger partial charge in [0.1, 0.15) is 24.4 Å². The largest absolute Gasteiger partial charge is 0.491 e. The molecule has 214 valence electrons. The van der Waals surface area contributed by atoms with Gasteiger partial charge in [-0.3, -0.25) is 24.1 Å². The fourth-order valence-corrected chi connectivity index (χ4v) is 4.67. The second-order valence-electron chi connectivity index (χ2n) is 9.89. The third kappa shape index (κ3) is 8.27. The van der Waals surface area contributed by atoms with Gasteiger partial charge in [0, 0.05) is 39.6 Å². The number of fused-ring (bicyclic) bond motifs is 1. The monoisotopic (exact) mass is 551 g/mol. The van der Waals surface area contributed by atoms with Gasteiger partial charge in [0.15, 0.2) is 0 Å². The van der Waals surface area contributed by atoms with Crippen LogP contribution in [0.1, 0.15) is 22.3 Å². The lowest BCUT2D eigenvalue weighted by atomic mass is 10.0. The van der Waals surface area contributed by atoms with E-state index in [1.807, 2.05) is 30.3 Å². The van der Waals surface area contributed by atoms with Crippen LogP contribution < -0.4 is 20.7 Å². The van der Waals surface area contributed by atoms with Crippen molar-refractivity contribution in [3.05, 3.63) is 65.7 Å². The Kier molecular flexibility index (Phi) is 10.5.